The van der Waals surface area contributed by atoms with E-state index in [2.05, 4.69) is 42.0 Å². The van der Waals surface area contributed by atoms with Gasteiger partial charge in [-0.1, -0.05) is 32.0 Å². The van der Waals surface area contributed by atoms with E-state index >= 15 is 0 Å². The van der Waals surface area contributed by atoms with Gasteiger partial charge in [0.2, 0.25) is 0 Å². The normalized spacial score (nSPS) is 16.9. The van der Waals surface area contributed by atoms with E-state index < -0.39 is 0 Å². The van der Waals surface area contributed by atoms with Gasteiger partial charge in [0.15, 0.2) is 5.82 Å². The Morgan fingerprint density at radius 3 is 2.90 bits per heavy atom. The molecule has 0 saturated carbocycles. The quantitative estimate of drug-likeness (QED) is 0.847. The molecule has 0 spiro atoms. The molecule has 4 heteroatoms. The lowest BCUT2D eigenvalue weighted by molar-refractivity contribution is 0.599. The van der Waals surface area contributed by atoms with Crippen LogP contribution in [-0.2, 0) is 0 Å². The lowest BCUT2D eigenvalue weighted by atomic mass is 10.0. The molecule has 0 N–H and O–H groups in total. The number of hydrogen-bond donors (Lipinski definition) is 0. The zero-order valence-electron chi connectivity index (χ0n) is 12.5. The predicted molar refractivity (Wildman–Crippen MR) is 84.0 cm³/mol. The standard InChI is InChI=1S/C17H20FN3/c1-3-10-20(17-8-9-19-11-15(17)18)21-12-13(2)14-6-4-5-7-16(14)21/h4-9,11,13H,3,10,12H2,1-2H3. The van der Waals surface area contributed by atoms with Crippen LogP contribution in [-0.4, -0.2) is 18.1 Å². The lowest BCUT2D eigenvalue weighted by Crippen LogP contribution is -2.43. The topological polar surface area (TPSA) is 19.4 Å². The molecule has 3 rings (SSSR count). The number of para-hydroxylation sites is 1. The molecule has 1 aromatic heterocycles. The molecule has 0 saturated heterocycles. The van der Waals surface area contributed by atoms with E-state index in [-0.39, 0.29) is 5.82 Å². The first-order valence-corrected chi connectivity index (χ1v) is 7.45. The monoisotopic (exact) mass is 285 g/mol. The molecule has 1 aromatic carbocycles. The number of nitrogens with zero attached hydrogens (tertiary/aromatic N) is 3. The number of hydrazine groups is 1. The first kappa shape index (κ1) is 13.9. The van der Waals surface area contributed by atoms with E-state index in [4.69, 9.17) is 0 Å². The van der Waals surface area contributed by atoms with Crippen molar-refractivity contribution >= 4 is 11.4 Å². The third-order valence-corrected chi connectivity index (χ3v) is 3.95. The van der Waals surface area contributed by atoms with Gasteiger partial charge in [0, 0.05) is 25.2 Å². The summed E-state index contributed by atoms with van der Waals surface area (Å²) in [5, 5.41) is 4.24. The number of aromatic nitrogens is 1. The van der Waals surface area contributed by atoms with Gasteiger partial charge in [-0.2, -0.15) is 0 Å². The van der Waals surface area contributed by atoms with Gasteiger partial charge in [0.05, 0.1) is 17.6 Å². The summed E-state index contributed by atoms with van der Waals surface area (Å²) in [6.45, 7) is 5.98. The van der Waals surface area contributed by atoms with Crippen LogP contribution in [0.3, 0.4) is 0 Å². The molecule has 2 heterocycles. The van der Waals surface area contributed by atoms with E-state index in [1.54, 1.807) is 12.3 Å². The summed E-state index contributed by atoms with van der Waals surface area (Å²) in [6.07, 6.45) is 3.88. The molecule has 110 valence electrons. The Bertz CT molecular complexity index is 629. The minimum atomic E-state index is -0.275. The van der Waals surface area contributed by atoms with Crippen molar-refractivity contribution in [1.29, 1.82) is 0 Å². The number of halogens is 1. The number of fused-ring (bicyclic) bond motifs is 1. The van der Waals surface area contributed by atoms with Gasteiger partial charge in [-0.3, -0.25) is 15.0 Å². The maximum Gasteiger partial charge on any atom is 0.166 e. The fourth-order valence-electron chi connectivity index (χ4n) is 2.98. The van der Waals surface area contributed by atoms with Crippen molar-refractivity contribution in [2.45, 2.75) is 26.2 Å². The molecule has 0 fully saturated rings. The summed E-state index contributed by atoms with van der Waals surface area (Å²) < 4.78 is 14.2. The Balaban J connectivity index is 2.02. The van der Waals surface area contributed by atoms with Crippen molar-refractivity contribution in [3.63, 3.8) is 0 Å². The second-order valence-electron chi connectivity index (χ2n) is 5.49. The van der Waals surface area contributed by atoms with Crippen LogP contribution in [0.1, 0.15) is 31.7 Å². The van der Waals surface area contributed by atoms with E-state index in [0.717, 1.165) is 19.5 Å². The number of benzene rings is 1. The number of pyridine rings is 1. The van der Waals surface area contributed by atoms with E-state index in [1.165, 1.54) is 17.4 Å². The largest absolute Gasteiger partial charge is 0.284 e. The van der Waals surface area contributed by atoms with E-state index in [0.29, 0.717) is 11.6 Å². The molecule has 0 radical (unpaired) electrons. The Labute approximate surface area is 125 Å². The van der Waals surface area contributed by atoms with Crippen molar-refractivity contribution in [3.8, 4) is 0 Å². The van der Waals surface area contributed by atoms with Crippen LogP contribution in [0.2, 0.25) is 0 Å². The van der Waals surface area contributed by atoms with Crippen molar-refractivity contribution in [1.82, 2.24) is 4.98 Å². The Morgan fingerprint density at radius 1 is 1.33 bits per heavy atom. The first-order chi connectivity index (χ1) is 10.2. The smallest absolute Gasteiger partial charge is 0.166 e. The van der Waals surface area contributed by atoms with Crippen molar-refractivity contribution in [2.75, 3.05) is 23.1 Å². The number of rotatable bonds is 4. The van der Waals surface area contributed by atoms with Crippen molar-refractivity contribution < 1.29 is 4.39 Å². The van der Waals surface area contributed by atoms with Gasteiger partial charge in [-0.05, 0) is 24.1 Å². The summed E-state index contributed by atoms with van der Waals surface area (Å²) in [5.41, 5.74) is 3.10. The lowest BCUT2D eigenvalue weighted by Gasteiger charge is -2.36. The third kappa shape index (κ3) is 2.46. The molecule has 21 heavy (non-hydrogen) atoms. The molecule has 3 nitrogen and oxygen atoms in total. The van der Waals surface area contributed by atoms with Crippen LogP contribution >= 0.6 is 0 Å². The molecule has 0 bridgehead atoms. The predicted octanol–water partition coefficient (Wildman–Crippen LogP) is 3.98. The Kier molecular flexibility index (Phi) is 3.78. The number of anilines is 2. The van der Waals surface area contributed by atoms with Gasteiger partial charge in [-0.15, -0.1) is 0 Å². The molecule has 1 aliphatic heterocycles. The SMILES string of the molecule is CCCN(c1ccncc1F)N1CC(C)c2ccccc21. The van der Waals surface area contributed by atoms with Crippen LogP contribution in [0.25, 0.3) is 0 Å². The average Bonchev–Trinajstić information content (AvgIpc) is 2.83. The van der Waals surface area contributed by atoms with Crippen LogP contribution in [0.4, 0.5) is 15.8 Å². The van der Waals surface area contributed by atoms with Gasteiger partial charge < -0.3 is 0 Å². The summed E-state index contributed by atoms with van der Waals surface area (Å²) in [5.74, 6) is 0.174. The van der Waals surface area contributed by atoms with Crippen LogP contribution in [0, 0.1) is 5.82 Å². The highest BCUT2D eigenvalue weighted by Gasteiger charge is 2.30. The molecule has 0 aliphatic carbocycles. The van der Waals surface area contributed by atoms with Gasteiger partial charge in [-0.25, -0.2) is 4.39 Å². The van der Waals surface area contributed by atoms with Crippen LogP contribution in [0.15, 0.2) is 42.7 Å². The maximum atomic E-state index is 14.2. The number of hydrogen-bond acceptors (Lipinski definition) is 3. The molecule has 2 aromatic rings. The fourth-order valence-corrected chi connectivity index (χ4v) is 2.98. The molecule has 1 unspecified atom stereocenters. The first-order valence-electron chi connectivity index (χ1n) is 7.45. The van der Waals surface area contributed by atoms with Gasteiger partial charge in [0.1, 0.15) is 0 Å². The minimum Gasteiger partial charge on any atom is -0.284 e. The summed E-state index contributed by atoms with van der Waals surface area (Å²) in [4.78, 5) is 3.85. The van der Waals surface area contributed by atoms with E-state index in [9.17, 15) is 4.39 Å². The Morgan fingerprint density at radius 2 is 2.14 bits per heavy atom. The molecule has 1 atom stereocenters. The Hall–Kier alpha value is -2.10. The second-order valence-corrected chi connectivity index (χ2v) is 5.49. The summed E-state index contributed by atoms with van der Waals surface area (Å²) in [7, 11) is 0. The molecule has 1 aliphatic rings. The average molecular weight is 285 g/mol. The van der Waals surface area contributed by atoms with Gasteiger partial charge >= 0.3 is 0 Å². The van der Waals surface area contributed by atoms with Crippen molar-refractivity contribution in [2.24, 2.45) is 0 Å². The molecular weight excluding hydrogens is 265 g/mol. The van der Waals surface area contributed by atoms with Crippen molar-refractivity contribution in [3.05, 3.63) is 54.1 Å². The third-order valence-electron chi connectivity index (χ3n) is 3.95. The van der Waals surface area contributed by atoms with Crippen LogP contribution in [0.5, 0.6) is 0 Å². The van der Waals surface area contributed by atoms with Crippen LogP contribution < -0.4 is 10.0 Å². The van der Waals surface area contributed by atoms with Gasteiger partial charge in [0.25, 0.3) is 0 Å². The highest BCUT2D eigenvalue weighted by atomic mass is 19.1. The zero-order chi connectivity index (χ0) is 14.8. The second kappa shape index (κ2) is 5.72. The zero-order valence-corrected chi connectivity index (χ0v) is 12.5. The molecular formula is C17H20FN3. The highest BCUT2D eigenvalue weighted by molar-refractivity contribution is 5.65. The highest BCUT2D eigenvalue weighted by Crippen LogP contribution is 2.38. The van der Waals surface area contributed by atoms with E-state index in [1.807, 2.05) is 11.1 Å². The minimum absolute atomic E-state index is 0.275. The maximum absolute atomic E-state index is 14.2. The fraction of sp³-hybridized carbons (Fsp3) is 0.353. The summed E-state index contributed by atoms with van der Waals surface area (Å²) >= 11 is 0. The summed E-state index contributed by atoms with van der Waals surface area (Å²) in [6, 6.07) is 10.1. The molecule has 0 amide bonds.